The monoisotopic (exact) mass is 610 g/mol. The molecule has 2 fully saturated rings. The standard InChI is InChI=1S/C31H28F2N2O5S2/c32-25-7-5-23(18-26(25)33)22-6-8-27(40-16-13-34-11-14-39-15-12-34)24(17-22)19-28-29(36)35(31(41)42-28)10-9-20-1-3-21(4-2-20)30(37)38/h1-8,17-19H,9-16H2,(H,37,38)/b28-19-. The summed E-state index contributed by atoms with van der Waals surface area (Å²) < 4.78 is 39.5. The fraction of sp³-hybridized carbons (Fsp3) is 0.258. The van der Waals surface area contributed by atoms with E-state index in [1.54, 1.807) is 36.4 Å². The fourth-order valence-electron chi connectivity index (χ4n) is 4.65. The summed E-state index contributed by atoms with van der Waals surface area (Å²) >= 11 is 6.69. The van der Waals surface area contributed by atoms with E-state index in [2.05, 4.69) is 4.90 Å². The lowest BCUT2D eigenvalue weighted by Gasteiger charge is -2.26. The van der Waals surface area contributed by atoms with Crippen molar-refractivity contribution in [3.05, 3.63) is 93.9 Å². The summed E-state index contributed by atoms with van der Waals surface area (Å²) in [6, 6.07) is 15.5. The van der Waals surface area contributed by atoms with Gasteiger partial charge in [-0.1, -0.05) is 48.2 Å². The fourth-order valence-corrected chi connectivity index (χ4v) is 5.95. The quantitative estimate of drug-likeness (QED) is 0.239. The number of hydrogen-bond acceptors (Lipinski definition) is 7. The van der Waals surface area contributed by atoms with Crippen LogP contribution in [0.5, 0.6) is 5.75 Å². The van der Waals surface area contributed by atoms with Gasteiger partial charge in [-0.15, -0.1) is 0 Å². The number of amides is 1. The van der Waals surface area contributed by atoms with Gasteiger partial charge in [0, 0.05) is 31.7 Å². The van der Waals surface area contributed by atoms with Gasteiger partial charge in [0.05, 0.1) is 23.7 Å². The molecule has 2 saturated heterocycles. The van der Waals surface area contributed by atoms with Crippen molar-refractivity contribution in [2.45, 2.75) is 6.42 Å². The Bertz CT molecular complexity index is 1520. The lowest BCUT2D eigenvalue weighted by molar-refractivity contribution is -0.122. The van der Waals surface area contributed by atoms with Crippen LogP contribution in [-0.2, 0) is 16.0 Å². The van der Waals surface area contributed by atoms with Crippen LogP contribution >= 0.6 is 24.0 Å². The van der Waals surface area contributed by atoms with Gasteiger partial charge in [-0.2, -0.15) is 0 Å². The Morgan fingerprint density at radius 1 is 1.00 bits per heavy atom. The minimum absolute atomic E-state index is 0.195. The van der Waals surface area contributed by atoms with Crippen LogP contribution < -0.4 is 4.74 Å². The smallest absolute Gasteiger partial charge is 0.335 e. The molecule has 11 heteroatoms. The predicted octanol–water partition coefficient (Wildman–Crippen LogP) is 5.48. The summed E-state index contributed by atoms with van der Waals surface area (Å²) in [6.07, 6.45) is 2.22. The first-order valence-electron chi connectivity index (χ1n) is 13.4. The lowest BCUT2D eigenvalue weighted by Crippen LogP contribution is -2.38. The highest BCUT2D eigenvalue weighted by molar-refractivity contribution is 8.26. The highest BCUT2D eigenvalue weighted by atomic mass is 32.2. The molecule has 2 aliphatic rings. The number of thiocarbonyl (C=S) groups is 1. The number of ether oxygens (including phenoxy) is 2. The molecule has 1 amide bonds. The molecule has 3 aromatic carbocycles. The van der Waals surface area contributed by atoms with Crippen LogP contribution in [0.15, 0.2) is 65.6 Å². The normalized spacial score (nSPS) is 16.8. The Labute approximate surface area is 251 Å². The SMILES string of the molecule is O=C(O)c1ccc(CCN2C(=O)/C(=C/c3cc(-c4ccc(F)c(F)c4)ccc3OCCN3CCOCC3)SC2=S)cc1. The molecule has 5 rings (SSSR count). The topological polar surface area (TPSA) is 79.3 Å². The molecular weight excluding hydrogens is 582 g/mol. The first-order valence-corrected chi connectivity index (χ1v) is 14.6. The molecule has 2 heterocycles. The average molecular weight is 611 g/mol. The molecule has 0 saturated carbocycles. The van der Waals surface area contributed by atoms with E-state index in [0.717, 1.165) is 30.8 Å². The van der Waals surface area contributed by atoms with Crippen molar-refractivity contribution in [1.82, 2.24) is 9.80 Å². The zero-order valence-electron chi connectivity index (χ0n) is 22.6. The molecule has 0 aromatic heterocycles. The summed E-state index contributed by atoms with van der Waals surface area (Å²) in [5, 5.41) is 9.10. The maximum atomic E-state index is 14.0. The van der Waals surface area contributed by atoms with E-state index in [9.17, 15) is 18.4 Å². The number of carbonyl (C=O) groups is 2. The molecule has 0 aliphatic carbocycles. The van der Waals surface area contributed by atoms with E-state index in [-0.39, 0.29) is 11.5 Å². The molecule has 1 N–H and O–H groups in total. The number of hydrogen-bond donors (Lipinski definition) is 1. The first kappa shape index (κ1) is 29.8. The van der Waals surface area contributed by atoms with Gasteiger partial charge in [0.1, 0.15) is 16.7 Å². The second kappa shape index (κ2) is 13.6. The summed E-state index contributed by atoms with van der Waals surface area (Å²) in [7, 11) is 0. The highest BCUT2D eigenvalue weighted by Gasteiger charge is 2.32. The number of nitrogens with zero attached hydrogens (tertiary/aromatic N) is 2. The van der Waals surface area contributed by atoms with Gasteiger partial charge in [0.25, 0.3) is 5.91 Å². The molecule has 0 radical (unpaired) electrons. The van der Waals surface area contributed by atoms with E-state index >= 15 is 0 Å². The largest absolute Gasteiger partial charge is 0.492 e. The van der Waals surface area contributed by atoms with Crippen LogP contribution in [0, 0.1) is 11.6 Å². The number of carboxylic acid groups (broad SMARTS) is 1. The maximum Gasteiger partial charge on any atom is 0.335 e. The Hall–Kier alpha value is -3.64. The van der Waals surface area contributed by atoms with Gasteiger partial charge in [-0.3, -0.25) is 14.6 Å². The molecule has 0 unspecified atom stereocenters. The molecule has 3 aromatic rings. The zero-order valence-corrected chi connectivity index (χ0v) is 24.2. The second-order valence-electron chi connectivity index (χ2n) is 9.77. The van der Waals surface area contributed by atoms with E-state index in [1.807, 2.05) is 0 Å². The Balaban J connectivity index is 1.35. The molecule has 7 nitrogen and oxygen atoms in total. The first-order chi connectivity index (χ1) is 20.3. The summed E-state index contributed by atoms with van der Waals surface area (Å²) in [6.45, 7) is 4.50. The number of aromatic carboxylic acids is 1. The maximum absolute atomic E-state index is 14.0. The van der Waals surface area contributed by atoms with Crippen molar-refractivity contribution in [1.29, 1.82) is 0 Å². The molecule has 42 heavy (non-hydrogen) atoms. The van der Waals surface area contributed by atoms with Crippen molar-refractivity contribution in [2.75, 3.05) is 46.0 Å². The Morgan fingerprint density at radius 2 is 1.71 bits per heavy atom. The lowest BCUT2D eigenvalue weighted by atomic mass is 10.0. The molecular formula is C31H28F2N2O5S2. The van der Waals surface area contributed by atoms with E-state index in [0.29, 0.717) is 71.0 Å². The third-order valence-corrected chi connectivity index (χ3v) is 8.39. The van der Waals surface area contributed by atoms with Gasteiger partial charge in [-0.05, 0) is 65.6 Å². The Morgan fingerprint density at radius 3 is 2.43 bits per heavy atom. The van der Waals surface area contributed by atoms with Crippen molar-refractivity contribution < 1.29 is 33.0 Å². The number of morpholine rings is 1. The number of carboxylic acids is 1. The highest BCUT2D eigenvalue weighted by Crippen LogP contribution is 2.36. The number of halogens is 2. The van der Waals surface area contributed by atoms with Crippen LogP contribution in [0.25, 0.3) is 17.2 Å². The van der Waals surface area contributed by atoms with E-state index < -0.39 is 17.6 Å². The molecule has 0 bridgehead atoms. The summed E-state index contributed by atoms with van der Waals surface area (Å²) in [5.41, 5.74) is 2.82. The molecule has 0 spiro atoms. The van der Waals surface area contributed by atoms with Crippen molar-refractivity contribution >= 4 is 46.3 Å². The van der Waals surface area contributed by atoms with E-state index in [4.69, 9.17) is 26.8 Å². The number of rotatable bonds is 10. The average Bonchev–Trinajstić information content (AvgIpc) is 3.26. The van der Waals surface area contributed by atoms with Crippen molar-refractivity contribution in [3.63, 3.8) is 0 Å². The predicted molar refractivity (Wildman–Crippen MR) is 162 cm³/mol. The minimum Gasteiger partial charge on any atom is -0.492 e. The molecule has 0 atom stereocenters. The molecule has 218 valence electrons. The number of carbonyl (C=O) groups excluding carboxylic acids is 1. The van der Waals surface area contributed by atoms with Crippen LogP contribution in [0.3, 0.4) is 0 Å². The van der Waals surface area contributed by atoms with E-state index in [1.165, 1.54) is 34.9 Å². The van der Waals surface area contributed by atoms with Crippen LogP contribution in [0.2, 0.25) is 0 Å². The van der Waals surface area contributed by atoms with Crippen molar-refractivity contribution in [3.8, 4) is 16.9 Å². The molecule has 2 aliphatic heterocycles. The zero-order chi connectivity index (χ0) is 29.6. The van der Waals surface area contributed by atoms with Crippen LogP contribution in [0.4, 0.5) is 8.78 Å². The van der Waals surface area contributed by atoms with Gasteiger partial charge in [0.2, 0.25) is 0 Å². The Kier molecular flexibility index (Phi) is 9.63. The number of benzene rings is 3. The summed E-state index contributed by atoms with van der Waals surface area (Å²) in [5.74, 6) is -2.56. The summed E-state index contributed by atoms with van der Waals surface area (Å²) in [4.78, 5) is 28.7. The van der Waals surface area contributed by atoms with Crippen LogP contribution in [-0.4, -0.2) is 77.1 Å². The van der Waals surface area contributed by atoms with Crippen molar-refractivity contribution in [2.24, 2.45) is 0 Å². The van der Waals surface area contributed by atoms with Crippen LogP contribution in [0.1, 0.15) is 21.5 Å². The van der Waals surface area contributed by atoms with Gasteiger partial charge in [0.15, 0.2) is 11.6 Å². The second-order valence-corrected chi connectivity index (χ2v) is 11.4. The van der Waals surface area contributed by atoms with Gasteiger partial charge < -0.3 is 14.6 Å². The van der Waals surface area contributed by atoms with Gasteiger partial charge in [-0.25, -0.2) is 13.6 Å². The number of thioether (sulfide) groups is 1. The minimum atomic E-state index is -0.998. The third kappa shape index (κ3) is 7.22. The third-order valence-electron chi connectivity index (χ3n) is 7.02. The van der Waals surface area contributed by atoms with Gasteiger partial charge >= 0.3 is 5.97 Å².